The van der Waals surface area contributed by atoms with Crippen LogP contribution < -0.4 is 9.46 Å². The smallest absolute Gasteiger partial charge is 0.303 e. The van der Waals surface area contributed by atoms with Gasteiger partial charge in [-0.2, -0.15) is 17.0 Å². The second-order valence-electron chi connectivity index (χ2n) is 14.5. The van der Waals surface area contributed by atoms with Gasteiger partial charge in [-0.3, -0.25) is 4.79 Å². The number of rotatable bonds is 7. The van der Waals surface area contributed by atoms with Gasteiger partial charge in [0.2, 0.25) is 10.0 Å². The molecular formula is C34H43N5O6S2. The van der Waals surface area contributed by atoms with Gasteiger partial charge in [-0.1, -0.05) is 25.3 Å². The summed E-state index contributed by atoms with van der Waals surface area (Å²) >= 11 is 0. The van der Waals surface area contributed by atoms with E-state index < -0.39 is 30.9 Å². The first-order chi connectivity index (χ1) is 22.4. The molecule has 0 radical (unpaired) electrons. The van der Waals surface area contributed by atoms with Crippen LogP contribution in [-0.4, -0.2) is 99.0 Å². The van der Waals surface area contributed by atoms with Crippen molar-refractivity contribution in [2.75, 3.05) is 41.3 Å². The molecule has 1 amide bonds. The van der Waals surface area contributed by atoms with Gasteiger partial charge in [-0.05, 0) is 80.1 Å². The Hall–Kier alpha value is -2.97. The fourth-order valence-electron chi connectivity index (χ4n) is 9.06. The van der Waals surface area contributed by atoms with Crippen molar-refractivity contribution in [1.82, 2.24) is 22.8 Å². The van der Waals surface area contributed by atoms with Crippen LogP contribution in [-0.2, 0) is 26.8 Å². The standard InChI is InChI=1S/C34H43N5O6S2/c1-36(2)47(43,44)35-33(40)22-10-12-27-30(14-22)38-20-34(46(41,42)39-19-23-15-24(39)18-37(23)3)17-29(34)28-16-25(45-4)11-13-26(28)32(38)31(27)21-8-6-5-7-9-21/h10-14,16,21,23-24,29H,5-9,15,17-20H2,1-4H3,(H,35,40)/t23?,24-,29?,34?/m0/s1. The van der Waals surface area contributed by atoms with E-state index in [1.807, 2.05) is 18.2 Å². The Morgan fingerprint density at radius 2 is 1.77 bits per heavy atom. The second kappa shape index (κ2) is 10.8. The minimum absolute atomic E-state index is 0.0220. The van der Waals surface area contributed by atoms with Gasteiger partial charge in [0.25, 0.3) is 5.91 Å². The van der Waals surface area contributed by atoms with E-state index >= 15 is 0 Å². The molecule has 1 aromatic heterocycles. The van der Waals surface area contributed by atoms with Crippen molar-refractivity contribution in [3.8, 4) is 17.0 Å². The molecule has 2 aliphatic carbocycles. The highest BCUT2D eigenvalue weighted by Gasteiger charge is 2.69. The first-order valence-corrected chi connectivity index (χ1v) is 19.5. The average molecular weight is 682 g/mol. The Morgan fingerprint density at radius 3 is 2.43 bits per heavy atom. The van der Waals surface area contributed by atoms with Gasteiger partial charge >= 0.3 is 10.2 Å². The van der Waals surface area contributed by atoms with Crippen molar-refractivity contribution in [1.29, 1.82) is 0 Å². The Balaban J connectivity index is 1.34. The number of likely N-dealkylation sites (N-methyl/N-ethyl adjacent to an activating group) is 1. The van der Waals surface area contributed by atoms with Crippen LogP contribution in [0.2, 0.25) is 0 Å². The van der Waals surface area contributed by atoms with Crippen molar-refractivity contribution in [2.45, 2.75) is 80.2 Å². The van der Waals surface area contributed by atoms with E-state index in [1.54, 1.807) is 23.5 Å². The van der Waals surface area contributed by atoms with Crippen molar-refractivity contribution < 1.29 is 26.4 Å². The Labute approximate surface area is 277 Å². The molecule has 3 aliphatic heterocycles. The number of likely N-dealkylation sites (tertiary alicyclic amines) is 1. The van der Waals surface area contributed by atoms with Gasteiger partial charge in [0, 0.05) is 73.8 Å². The summed E-state index contributed by atoms with van der Waals surface area (Å²) in [7, 11) is -1.29. The molecule has 4 heterocycles. The number of piperazine rings is 1. The highest BCUT2D eigenvalue weighted by molar-refractivity contribution is 7.91. The number of nitrogens with zero attached hydrogens (tertiary/aromatic N) is 4. The first kappa shape index (κ1) is 31.3. The van der Waals surface area contributed by atoms with Crippen molar-refractivity contribution in [3.05, 3.63) is 53.1 Å². The lowest BCUT2D eigenvalue weighted by Gasteiger charge is -2.34. The van der Waals surface area contributed by atoms with Gasteiger partial charge < -0.3 is 14.2 Å². The Morgan fingerprint density at radius 1 is 1.00 bits per heavy atom. The van der Waals surface area contributed by atoms with E-state index in [-0.39, 0.29) is 36.0 Å². The van der Waals surface area contributed by atoms with E-state index in [9.17, 15) is 21.6 Å². The molecule has 2 saturated heterocycles. The van der Waals surface area contributed by atoms with Gasteiger partial charge in [-0.25, -0.2) is 13.1 Å². The van der Waals surface area contributed by atoms with E-state index in [2.05, 4.69) is 27.3 Å². The number of ether oxygens (including phenoxy) is 1. The third-order valence-electron chi connectivity index (χ3n) is 11.7. The highest BCUT2D eigenvalue weighted by Crippen LogP contribution is 2.64. The van der Waals surface area contributed by atoms with E-state index in [4.69, 9.17) is 4.74 Å². The first-order valence-electron chi connectivity index (χ1n) is 16.7. The van der Waals surface area contributed by atoms with Crippen LogP contribution in [0.5, 0.6) is 5.75 Å². The fraction of sp³-hybridized carbons (Fsp3) is 0.559. The van der Waals surface area contributed by atoms with Crippen LogP contribution in [0.3, 0.4) is 0 Å². The molecule has 2 bridgehead atoms. The zero-order valence-electron chi connectivity index (χ0n) is 27.4. The molecule has 252 valence electrons. The van der Waals surface area contributed by atoms with Gasteiger partial charge in [0.05, 0.1) is 12.8 Å². The molecule has 11 nitrogen and oxygen atoms in total. The van der Waals surface area contributed by atoms with E-state index in [0.29, 0.717) is 18.7 Å². The van der Waals surface area contributed by atoms with Crippen LogP contribution >= 0.6 is 0 Å². The number of benzene rings is 2. The topological polar surface area (TPSA) is 121 Å². The zero-order valence-corrected chi connectivity index (χ0v) is 29.0. The molecule has 13 heteroatoms. The molecule has 8 rings (SSSR count). The number of hydrogen-bond donors (Lipinski definition) is 1. The lowest BCUT2D eigenvalue weighted by atomic mass is 9.81. The summed E-state index contributed by atoms with van der Waals surface area (Å²) in [5.74, 6) is 0.0741. The summed E-state index contributed by atoms with van der Waals surface area (Å²) < 4.78 is 66.7. The van der Waals surface area contributed by atoms with Crippen molar-refractivity contribution >= 4 is 37.0 Å². The maximum atomic E-state index is 14.9. The summed E-state index contributed by atoms with van der Waals surface area (Å²) in [6, 6.07) is 11.7. The Kier molecular flexibility index (Phi) is 7.17. The number of nitrogens with one attached hydrogen (secondary N) is 1. The number of sulfonamides is 1. The summed E-state index contributed by atoms with van der Waals surface area (Å²) in [6.07, 6.45) is 6.90. The molecule has 4 atom stereocenters. The van der Waals surface area contributed by atoms with Crippen LogP contribution in [0.15, 0.2) is 36.4 Å². The number of fused-ring (bicyclic) bond motifs is 9. The SMILES string of the molecule is COc1ccc2c(c1)C1CC1(S(=O)(=O)N1CC3C[C@H]1CN3C)Cn1c-2c(C2CCCCC2)c2ccc(C(=O)NS(=O)(=O)N(C)C)cc21. The third kappa shape index (κ3) is 4.63. The summed E-state index contributed by atoms with van der Waals surface area (Å²) in [5, 5.41) is 0.995. The zero-order chi connectivity index (χ0) is 33.0. The minimum atomic E-state index is -4.00. The number of carbonyl (C=O) groups is 1. The summed E-state index contributed by atoms with van der Waals surface area (Å²) in [6.45, 7) is 1.52. The molecule has 4 fully saturated rings. The number of amides is 1. The molecule has 1 N–H and O–H groups in total. The lowest BCUT2D eigenvalue weighted by molar-refractivity contribution is 0.0979. The van der Waals surface area contributed by atoms with Gasteiger partial charge in [0.1, 0.15) is 10.5 Å². The number of carbonyl (C=O) groups excluding carboxylic acids is 1. The minimum Gasteiger partial charge on any atom is -0.497 e. The number of aromatic nitrogens is 1. The summed E-state index contributed by atoms with van der Waals surface area (Å²) in [4.78, 5) is 15.6. The third-order valence-corrected chi connectivity index (χ3v) is 15.8. The van der Waals surface area contributed by atoms with Gasteiger partial charge in [-0.15, -0.1) is 0 Å². The van der Waals surface area contributed by atoms with Gasteiger partial charge in [0.15, 0.2) is 0 Å². The molecule has 3 unspecified atom stereocenters. The molecule has 2 saturated carbocycles. The molecule has 0 spiro atoms. The highest BCUT2D eigenvalue weighted by atomic mass is 32.2. The number of hydrogen-bond acceptors (Lipinski definition) is 7. The average Bonchev–Trinajstić information content (AvgIpc) is 3.31. The van der Waals surface area contributed by atoms with Crippen LogP contribution in [0.4, 0.5) is 0 Å². The van der Waals surface area contributed by atoms with E-state index in [1.165, 1.54) is 26.1 Å². The maximum absolute atomic E-state index is 14.9. The van der Waals surface area contributed by atoms with Crippen LogP contribution in [0.1, 0.15) is 78.3 Å². The lowest BCUT2D eigenvalue weighted by Crippen LogP contribution is -2.52. The Bertz CT molecular complexity index is 2020. The monoisotopic (exact) mass is 681 g/mol. The molecule has 3 aromatic rings. The molecule has 5 aliphatic rings. The summed E-state index contributed by atoms with van der Waals surface area (Å²) in [5.41, 5.74) is 5.22. The molecule has 2 aromatic carbocycles. The van der Waals surface area contributed by atoms with Crippen LogP contribution in [0.25, 0.3) is 22.2 Å². The maximum Gasteiger partial charge on any atom is 0.303 e. The fourth-order valence-corrected chi connectivity index (χ4v) is 12.1. The molecule has 47 heavy (non-hydrogen) atoms. The van der Waals surface area contributed by atoms with Crippen molar-refractivity contribution in [2.24, 2.45) is 0 Å². The second-order valence-corrected chi connectivity index (χ2v) is 18.6. The van der Waals surface area contributed by atoms with E-state index in [0.717, 1.165) is 70.7 Å². The number of methoxy groups -OCH3 is 1. The predicted octanol–water partition coefficient (Wildman–Crippen LogP) is 3.86. The largest absolute Gasteiger partial charge is 0.497 e. The quantitative estimate of drug-likeness (QED) is 0.402. The predicted molar refractivity (Wildman–Crippen MR) is 180 cm³/mol. The van der Waals surface area contributed by atoms with Crippen LogP contribution in [0, 0.1) is 0 Å². The normalized spacial score (nSPS) is 27.8. The molecular weight excluding hydrogens is 639 g/mol. The van der Waals surface area contributed by atoms with Crippen molar-refractivity contribution in [3.63, 3.8) is 0 Å².